The maximum atomic E-state index is 12.5. The minimum Gasteiger partial charge on any atom is -0.383 e. The number of halogens is 1. The van der Waals surface area contributed by atoms with E-state index in [9.17, 15) is 9.59 Å². The van der Waals surface area contributed by atoms with Gasteiger partial charge in [0.1, 0.15) is 0 Å². The van der Waals surface area contributed by atoms with Crippen molar-refractivity contribution in [3.63, 3.8) is 0 Å². The van der Waals surface area contributed by atoms with Crippen LogP contribution in [0.5, 0.6) is 0 Å². The van der Waals surface area contributed by atoms with Crippen LogP contribution >= 0.6 is 22.6 Å². The molecule has 0 spiro atoms. The van der Waals surface area contributed by atoms with Gasteiger partial charge in [-0.3, -0.25) is 9.59 Å². The van der Waals surface area contributed by atoms with Gasteiger partial charge in [-0.2, -0.15) is 0 Å². The highest BCUT2D eigenvalue weighted by Gasteiger charge is 2.15. The van der Waals surface area contributed by atoms with Crippen molar-refractivity contribution in [2.24, 2.45) is 0 Å². The number of nitrogens with one attached hydrogen (secondary N) is 2. The quantitative estimate of drug-likeness (QED) is 0.538. The number of amides is 2. The molecule has 0 fully saturated rings. The fourth-order valence-corrected chi connectivity index (χ4v) is 3.06. The number of carbonyl (C=O) groups is 2. The SMILES string of the molecule is COCCNC(=O)c1ccccc1NC(=O)c1ccc(C)cc1I. The van der Waals surface area contributed by atoms with Gasteiger partial charge < -0.3 is 15.4 Å². The summed E-state index contributed by atoms with van der Waals surface area (Å²) >= 11 is 2.13. The molecule has 0 aliphatic carbocycles. The van der Waals surface area contributed by atoms with Crippen LogP contribution in [-0.4, -0.2) is 32.1 Å². The van der Waals surface area contributed by atoms with Gasteiger partial charge >= 0.3 is 0 Å². The molecule has 0 unspecified atom stereocenters. The normalized spacial score (nSPS) is 10.3. The number of hydrogen-bond acceptors (Lipinski definition) is 3. The largest absolute Gasteiger partial charge is 0.383 e. The van der Waals surface area contributed by atoms with Crippen molar-refractivity contribution in [1.82, 2.24) is 5.32 Å². The average molecular weight is 438 g/mol. The lowest BCUT2D eigenvalue weighted by Crippen LogP contribution is -2.28. The van der Waals surface area contributed by atoms with Crippen molar-refractivity contribution < 1.29 is 14.3 Å². The lowest BCUT2D eigenvalue weighted by molar-refractivity contribution is 0.0938. The van der Waals surface area contributed by atoms with Crippen LogP contribution in [0.4, 0.5) is 5.69 Å². The van der Waals surface area contributed by atoms with E-state index < -0.39 is 0 Å². The van der Waals surface area contributed by atoms with Gasteiger partial charge in [0, 0.05) is 17.2 Å². The van der Waals surface area contributed by atoms with Crippen LogP contribution in [0.15, 0.2) is 42.5 Å². The van der Waals surface area contributed by atoms with E-state index in [4.69, 9.17) is 4.74 Å². The summed E-state index contributed by atoms with van der Waals surface area (Å²) in [7, 11) is 1.57. The number of ether oxygens (including phenoxy) is 1. The first-order chi connectivity index (χ1) is 11.5. The number of carbonyl (C=O) groups excluding carboxylic acids is 2. The van der Waals surface area contributed by atoms with E-state index in [2.05, 4.69) is 33.2 Å². The van der Waals surface area contributed by atoms with Crippen LogP contribution in [0, 0.1) is 10.5 Å². The highest BCUT2D eigenvalue weighted by Crippen LogP contribution is 2.19. The molecule has 126 valence electrons. The first-order valence-electron chi connectivity index (χ1n) is 7.46. The van der Waals surface area contributed by atoms with Crippen LogP contribution < -0.4 is 10.6 Å². The number of rotatable bonds is 6. The molecular formula is C18H19IN2O3. The van der Waals surface area contributed by atoms with Crippen molar-refractivity contribution >= 4 is 40.1 Å². The Bertz CT molecular complexity index is 747. The molecule has 5 nitrogen and oxygen atoms in total. The fraction of sp³-hybridized carbons (Fsp3) is 0.222. The van der Waals surface area contributed by atoms with Gasteiger partial charge in [0.15, 0.2) is 0 Å². The summed E-state index contributed by atoms with van der Waals surface area (Å²) in [6.45, 7) is 2.82. The Hall–Kier alpha value is -1.93. The first-order valence-corrected chi connectivity index (χ1v) is 8.54. The topological polar surface area (TPSA) is 67.4 Å². The Morgan fingerprint density at radius 1 is 1.08 bits per heavy atom. The van der Waals surface area contributed by atoms with Gasteiger partial charge in [0.25, 0.3) is 11.8 Å². The molecule has 0 aromatic heterocycles. The highest BCUT2D eigenvalue weighted by atomic mass is 127. The molecule has 0 bridgehead atoms. The number of anilines is 1. The predicted octanol–water partition coefficient (Wildman–Crippen LogP) is 3.23. The number of para-hydroxylation sites is 1. The minimum absolute atomic E-state index is 0.239. The zero-order valence-corrected chi connectivity index (χ0v) is 15.7. The molecule has 2 aromatic rings. The van der Waals surface area contributed by atoms with E-state index in [1.807, 2.05) is 19.1 Å². The molecule has 0 radical (unpaired) electrons. The van der Waals surface area contributed by atoms with Crippen molar-refractivity contribution in [3.8, 4) is 0 Å². The third-order valence-electron chi connectivity index (χ3n) is 3.38. The predicted molar refractivity (Wildman–Crippen MR) is 103 cm³/mol. The highest BCUT2D eigenvalue weighted by molar-refractivity contribution is 14.1. The molecule has 0 heterocycles. The van der Waals surface area contributed by atoms with E-state index >= 15 is 0 Å². The van der Waals surface area contributed by atoms with E-state index in [1.54, 1.807) is 37.4 Å². The maximum Gasteiger partial charge on any atom is 0.256 e. The van der Waals surface area contributed by atoms with Crippen LogP contribution in [0.3, 0.4) is 0 Å². The lowest BCUT2D eigenvalue weighted by atomic mass is 10.1. The zero-order chi connectivity index (χ0) is 17.5. The maximum absolute atomic E-state index is 12.5. The molecule has 0 atom stereocenters. The molecule has 0 saturated carbocycles. The van der Waals surface area contributed by atoms with Crippen LogP contribution in [0.25, 0.3) is 0 Å². The smallest absolute Gasteiger partial charge is 0.256 e. The van der Waals surface area contributed by atoms with Crippen molar-refractivity contribution in [2.75, 3.05) is 25.6 Å². The molecule has 0 saturated heterocycles. The van der Waals surface area contributed by atoms with Gasteiger partial charge in [0.2, 0.25) is 0 Å². The molecule has 2 amide bonds. The third kappa shape index (κ3) is 4.78. The first kappa shape index (κ1) is 18.4. The second kappa shape index (κ2) is 8.79. The van der Waals surface area contributed by atoms with Gasteiger partial charge in [-0.15, -0.1) is 0 Å². The molecule has 24 heavy (non-hydrogen) atoms. The van der Waals surface area contributed by atoms with Crippen LogP contribution in [-0.2, 0) is 4.74 Å². The summed E-state index contributed by atoms with van der Waals surface area (Å²) in [6.07, 6.45) is 0. The van der Waals surface area contributed by atoms with Gasteiger partial charge in [0.05, 0.1) is 23.4 Å². The summed E-state index contributed by atoms with van der Waals surface area (Å²) in [5.74, 6) is -0.488. The average Bonchev–Trinajstić information content (AvgIpc) is 2.55. The second-order valence-corrected chi connectivity index (χ2v) is 6.39. The molecule has 0 aliphatic rings. The fourth-order valence-electron chi connectivity index (χ4n) is 2.15. The monoisotopic (exact) mass is 438 g/mol. The van der Waals surface area contributed by atoms with Crippen LogP contribution in [0.1, 0.15) is 26.3 Å². The van der Waals surface area contributed by atoms with Crippen molar-refractivity contribution in [2.45, 2.75) is 6.92 Å². The lowest BCUT2D eigenvalue weighted by Gasteiger charge is -2.12. The number of benzene rings is 2. The Kier molecular flexibility index (Phi) is 6.74. The summed E-state index contributed by atoms with van der Waals surface area (Å²) < 4.78 is 5.79. The van der Waals surface area contributed by atoms with E-state index in [-0.39, 0.29) is 11.8 Å². The Morgan fingerprint density at radius 3 is 2.54 bits per heavy atom. The Balaban J connectivity index is 2.17. The minimum atomic E-state index is -0.249. The summed E-state index contributed by atoms with van der Waals surface area (Å²) in [4.78, 5) is 24.8. The molecule has 6 heteroatoms. The van der Waals surface area contributed by atoms with Gasteiger partial charge in [-0.25, -0.2) is 0 Å². The number of aryl methyl sites for hydroxylation is 1. The van der Waals surface area contributed by atoms with E-state index in [0.29, 0.717) is 30.0 Å². The number of hydrogen-bond donors (Lipinski definition) is 2. The molecule has 0 aliphatic heterocycles. The summed E-state index contributed by atoms with van der Waals surface area (Å²) in [6, 6.07) is 12.5. The van der Waals surface area contributed by atoms with Crippen molar-refractivity contribution in [1.29, 1.82) is 0 Å². The summed E-state index contributed by atoms with van der Waals surface area (Å²) in [5, 5.41) is 5.58. The second-order valence-electron chi connectivity index (χ2n) is 5.23. The molecule has 2 N–H and O–H groups in total. The Labute approximate surface area is 154 Å². The Morgan fingerprint density at radius 2 is 1.83 bits per heavy atom. The molecule has 2 aromatic carbocycles. The zero-order valence-electron chi connectivity index (χ0n) is 13.6. The number of methoxy groups -OCH3 is 1. The van der Waals surface area contributed by atoms with Gasteiger partial charge in [-0.05, 0) is 53.8 Å². The van der Waals surface area contributed by atoms with Crippen LogP contribution in [0.2, 0.25) is 0 Å². The van der Waals surface area contributed by atoms with Gasteiger partial charge in [-0.1, -0.05) is 23.8 Å². The van der Waals surface area contributed by atoms with E-state index in [0.717, 1.165) is 9.13 Å². The third-order valence-corrected chi connectivity index (χ3v) is 4.27. The van der Waals surface area contributed by atoms with Crippen molar-refractivity contribution in [3.05, 3.63) is 62.7 Å². The molecule has 2 rings (SSSR count). The summed E-state index contributed by atoms with van der Waals surface area (Å²) in [5.41, 5.74) is 2.57. The van der Waals surface area contributed by atoms with E-state index in [1.165, 1.54) is 0 Å². The standard InChI is InChI=1S/C18H19IN2O3/c1-12-7-8-13(15(19)11-12)18(23)21-16-6-4-3-5-14(16)17(22)20-9-10-24-2/h3-8,11H,9-10H2,1-2H3,(H,20,22)(H,21,23). The molecular weight excluding hydrogens is 419 g/mol.